The van der Waals surface area contributed by atoms with Crippen LogP contribution in [0.1, 0.15) is 6.42 Å². The number of nitrogens with one attached hydrogen (secondary N) is 1. The Balaban J connectivity index is 2.71. The highest BCUT2D eigenvalue weighted by Crippen LogP contribution is 2.10. The summed E-state index contributed by atoms with van der Waals surface area (Å²) < 4.78 is 22.8. The van der Waals surface area contributed by atoms with Crippen molar-refractivity contribution >= 4 is 9.84 Å². The molecule has 0 aliphatic carbocycles. The van der Waals surface area contributed by atoms with Crippen LogP contribution in [-0.4, -0.2) is 50.4 Å². The summed E-state index contributed by atoms with van der Waals surface area (Å²) in [5.41, 5.74) is 0. The van der Waals surface area contributed by atoms with Crippen molar-refractivity contribution in [1.29, 1.82) is 5.26 Å². The molecular formula is C9H15N3O3S. The Kier molecular flexibility index (Phi) is 4.58. The molecule has 0 atom stereocenters. The fourth-order valence-electron chi connectivity index (χ4n) is 1.46. The average molecular weight is 245 g/mol. The van der Waals surface area contributed by atoms with Gasteiger partial charge in [0.15, 0.2) is 9.84 Å². The molecule has 1 aliphatic heterocycles. The maximum atomic E-state index is 11.4. The zero-order valence-corrected chi connectivity index (χ0v) is 9.70. The van der Waals surface area contributed by atoms with Gasteiger partial charge in [0.25, 0.3) is 0 Å². The molecule has 0 spiro atoms. The third-order valence-corrected chi connectivity index (χ3v) is 3.29. The van der Waals surface area contributed by atoms with Crippen LogP contribution in [0.25, 0.3) is 0 Å². The summed E-state index contributed by atoms with van der Waals surface area (Å²) in [5, 5.41) is 21.1. The van der Waals surface area contributed by atoms with Gasteiger partial charge in [0.2, 0.25) is 0 Å². The van der Waals surface area contributed by atoms with Gasteiger partial charge in [-0.25, -0.2) is 8.42 Å². The molecule has 1 aliphatic rings. The Labute approximate surface area is 95.1 Å². The van der Waals surface area contributed by atoms with Gasteiger partial charge in [-0.1, -0.05) is 0 Å². The van der Waals surface area contributed by atoms with Crippen LogP contribution in [0.4, 0.5) is 0 Å². The number of rotatable bonds is 5. The topological polar surface area (TPSA) is 93.4 Å². The van der Waals surface area contributed by atoms with Crippen LogP contribution in [0.5, 0.6) is 0 Å². The van der Waals surface area contributed by atoms with Gasteiger partial charge in [-0.3, -0.25) is 0 Å². The van der Waals surface area contributed by atoms with E-state index >= 15 is 0 Å². The molecule has 1 heterocycles. The van der Waals surface area contributed by atoms with E-state index in [2.05, 4.69) is 5.32 Å². The van der Waals surface area contributed by atoms with E-state index in [-0.39, 0.29) is 6.61 Å². The normalized spacial score (nSPS) is 18.5. The van der Waals surface area contributed by atoms with Crippen molar-refractivity contribution in [2.45, 2.75) is 6.42 Å². The predicted octanol–water partition coefficient (Wildman–Crippen LogP) is -0.989. The van der Waals surface area contributed by atoms with Gasteiger partial charge in [-0.15, -0.1) is 0 Å². The van der Waals surface area contributed by atoms with Gasteiger partial charge in [0.1, 0.15) is 11.6 Å². The highest BCUT2D eigenvalue weighted by atomic mass is 32.2. The van der Waals surface area contributed by atoms with Gasteiger partial charge in [-0.05, 0) is 6.42 Å². The average Bonchev–Trinajstić information content (AvgIpc) is 2.61. The summed E-state index contributed by atoms with van der Waals surface area (Å²) >= 11 is 0. The molecule has 0 aromatic carbocycles. The minimum atomic E-state index is -3.46. The highest BCUT2D eigenvalue weighted by Gasteiger charge is 2.18. The van der Waals surface area contributed by atoms with Crippen LogP contribution in [0.15, 0.2) is 11.2 Å². The van der Waals surface area contributed by atoms with Crippen molar-refractivity contribution in [2.24, 2.45) is 0 Å². The Morgan fingerprint density at radius 1 is 1.62 bits per heavy atom. The van der Waals surface area contributed by atoms with E-state index in [0.717, 1.165) is 5.41 Å². The van der Waals surface area contributed by atoms with Crippen LogP contribution in [0.3, 0.4) is 0 Å². The number of hydrogen-bond donors (Lipinski definition) is 2. The molecule has 0 saturated carbocycles. The van der Waals surface area contributed by atoms with E-state index < -0.39 is 15.6 Å². The van der Waals surface area contributed by atoms with E-state index in [1.807, 2.05) is 4.90 Å². The van der Waals surface area contributed by atoms with E-state index in [9.17, 15) is 8.42 Å². The van der Waals surface area contributed by atoms with Crippen LogP contribution in [-0.2, 0) is 9.84 Å². The van der Waals surface area contributed by atoms with Gasteiger partial charge in [-0.2, -0.15) is 5.26 Å². The van der Waals surface area contributed by atoms with Crippen molar-refractivity contribution < 1.29 is 13.5 Å². The summed E-state index contributed by atoms with van der Waals surface area (Å²) in [5.74, 6) is 0.00940. The molecular weight excluding hydrogens is 230 g/mol. The molecule has 1 rings (SSSR count). The molecule has 0 aromatic heterocycles. The van der Waals surface area contributed by atoms with Crippen molar-refractivity contribution in [1.82, 2.24) is 10.2 Å². The Morgan fingerprint density at radius 2 is 2.38 bits per heavy atom. The predicted molar refractivity (Wildman–Crippen MR) is 58.8 cm³/mol. The highest BCUT2D eigenvalue weighted by molar-refractivity contribution is 7.94. The first-order valence-corrected chi connectivity index (χ1v) is 6.71. The minimum absolute atomic E-state index is 0.0781. The summed E-state index contributed by atoms with van der Waals surface area (Å²) in [6.45, 7) is 2.08. The van der Waals surface area contributed by atoms with Gasteiger partial charge >= 0.3 is 0 Å². The van der Waals surface area contributed by atoms with Crippen molar-refractivity contribution in [3.8, 4) is 6.07 Å². The molecule has 90 valence electrons. The van der Waals surface area contributed by atoms with E-state index in [1.54, 1.807) is 6.07 Å². The Morgan fingerprint density at radius 3 is 3.00 bits per heavy atom. The lowest BCUT2D eigenvalue weighted by Crippen LogP contribution is -2.23. The lowest BCUT2D eigenvalue weighted by atomic mass is 10.4. The number of aliphatic hydroxyl groups is 1. The van der Waals surface area contributed by atoms with Gasteiger partial charge < -0.3 is 15.3 Å². The van der Waals surface area contributed by atoms with Gasteiger partial charge in [0.05, 0.1) is 11.5 Å². The standard InChI is InChI=1S/C9H15N3O3S/c10-2-7-16(14,15)8-9-11-3-5-12(9)4-1-6-13/h8,11,13H,1,3-7H2/b9-8+. The number of sulfone groups is 1. The first-order chi connectivity index (χ1) is 7.59. The van der Waals surface area contributed by atoms with Crippen LogP contribution in [0, 0.1) is 11.3 Å². The number of nitriles is 1. The molecule has 0 amide bonds. The molecule has 1 fully saturated rings. The minimum Gasteiger partial charge on any atom is -0.396 e. The fourth-order valence-corrected chi connectivity index (χ4v) is 2.30. The van der Waals surface area contributed by atoms with Crippen LogP contribution in [0.2, 0.25) is 0 Å². The second-order valence-corrected chi connectivity index (χ2v) is 5.31. The maximum Gasteiger partial charge on any atom is 0.188 e. The SMILES string of the molecule is N#CCS(=O)(=O)/C=C1\NCCN1CCCO. The van der Waals surface area contributed by atoms with E-state index in [0.29, 0.717) is 31.9 Å². The maximum absolute atomic E-state index is 11.4. The summed E-state index contributed by atoms with van der Waals surface area (Å²) in [7, 11) is -3.46. The molecule has 2 N–H and O–H groups in total. The first-order valence-electron chi connectivity index (χ1n) is 5.00. The number of aliphatic hydroxyl groups excluding tert-OH is 1. The number of hydrogen-bond acceptors (Lipinski definition) is 6. The Hall–Kier alpha value is -1.26. The lowest BCUT2D eigenvalue weighted by Gasteiger charge is -2.17. The number of nitrogens with zero attached hydrogens (tertiary/aromatic N) is 2. The molecule has 7 heteroatoms. The molecule has 0 unspecified atom stereocenters. The Bertz CT molecular complexity index is 397. The quantitative estimate of drug-likeness (QED) is 0.646. The third kappa shape index (κ3) is 3.72. The van der Waals surface area contributed by atoms with Crippen molar-refractivity contribution in [2.75, 3.05) is 32.0 Å². The van der Waals surface area contributed by atoms with Crippen LogP contribution < -0.4 is 5.32 Å². The summed E-state index contributed by atoms with van der Waals surface area (Å²) in [4.78, 5) is 1.85. The monoisotopic (exact) mass is 245 g/mol. The molecule has 0 radical (unpaired) electrons. The largest absolute Gasteiger partial charge is 0.396 e. The second-order valence-electron chi connectivity index (χ2n) is 3.46. The van der Waals surface area contributed by atoms with Gasteiger partial charge in [0, 0.05) is 26.2 Å². The smallest absolute Gasteiger partial charge is 0.188 e. The van der Waals surface area contributed by atoms with E-state index in [4.69, 9.17) is 10.4 Å². The van der Waals surface area contributed by atoms with Crippen molar-refractivity contribution in [3.05, 3.63) is 11.2 Å². The zero-order chi connectivity index (χ0) is 12.0. The van der Waals surface area contributed by atoms with Crippen molar-refractivity contribution in [3.63, 3.8) is 0 Å². The third-order valence-electron chi connectivity index (χ3n) is 2.17. The summed E-state index contributed by atoms with van der Waals surface area (Å²) in [6, 6.07) is 1.62. The first kappa shape index (κ1) is 12.8. The second kappa shape index (κ2) is 5.72. The lowest BCUT2D eigenvalue weighted by molar-refractivity contribution is 0.261. The molecule has 16 heavy (non-hydrogen) atoms. The van der Waals surface area contributed by atoms with E-state index in [1.165, 1.54) is 0 Å². The summed E-state index contributed by atoms with van der Waals surface area (Å²) in [6.07, 6.45) is 0.595. The molecule has 1 saturated heterocycles. The van der Waals surface area contributed by atoms with Crippen LogP contribution >= 0.6 is 0 Å². The molecule has 0 bridgehead atoms. The molecule has 6 nitrogen and oxygen atoms in total. The fraction of sp³-hybridized carbons (Fsp3) is 0.667. The molecule has 0 aromatic rings. The zero-order valence-electron chi connectivity index (χ0n) is 8.89.